The maximum Gasteiger partial charge on any atom is 0.139 e. The molecule has 3 aliphatic rings. The average Bonchev–Trinajstić information content (AvgIpc) is 3.32. The van der Waals surface area contributed by atoms with Gasteiger partial charge in [-0.1, -0.05) is 30.3 Å². The molecular weight excluding hydrogens is 392 g/mol. The Kier molecular flexibility index (Phi) is 4.94. The standard InChI is InChI=1S/C24H28N4OS/c1-2-4-16(5-3-1)20-15-30-24-21(20)23(26-22(27-24)17-6-7-17)25-18-8-11-28(12-9-18)19-10-13-29-14-19/h1-5,15,17-19H,6-14H2,(H,25,26,27). The molecule has 1 unspecified atom stereocenters. The lowest BCUT2D eigenvalue weighted by molar-refractivity contribution is 0.124. The second kappa shape index (κ2) is 7.91. The first kappa shape index (κ1) is 18.7. The van der Waals surface area contributed by atoms with Crippen LogP contribution in [0.3, 0.4) is 0 Å². The molecule has 1 atom stereocenters. The first-order valence-corrected chi connectivity index (χ1v) is 12.2. The van der Waals surface area contributed by atoms with Crippen molar-refractivity contribution in [2.45, 2.75) is 50.1 Å². The molecule has 0 amide bonds. The first-order chi connectivity index (χ1) is 14.8. The third-order valence-electron chi connectivity index (χ3n) is 6.77. The van der Waals surface area contributed by atoms with Gasteiger partial charge in [-0.2, -0.15) is 0 Å². The van der Waals surface area contributed by atoms with Gasteiger partial charge in [0.1, 0.15) is 16.5 Å². The van der Waals surface area contributed by atoms with Crippen molar-refractivity contribution in [3.8, 4) is 11.1 Å². The van der Waals surface area contributed by atoms with Gasteiger partial charge in [0.05, 0.1) is 12.0 Å². The fraction of sp³-hybridized carbons (Fsp3) is 0.500. The molecule has 1 aromatic carbocycles. The molecule has 2 aromatic heterocycles. The van der Waals surface area contributed by atoms with Gasteiger partial charge in [-0.05, 0) is 37.7 Å². The Balaban J connectivity index is 1.29. The van der Waals surface area contributed by atoms with Crippen molar-refractivity contribution in [1.82, 2.24) is 14.9 Å². The van der Waals surface area contributed by atoms with Crippen LogP contribution in [-0.4, -0.2) is 53.3 Å². The summed E-state index contributed by atoms with van der Waals surface area (Å²) in [4.78, 5) is 13.8. The summed E-state index contributed by atoms with van der Waals surface area (Å²) < 4.78 is 5.60. The zero-order valence-corrected chi connectivity index (χ0v) is 18.0. The SMILES string of the molecule is c1ccc(-c2csc3nc(C4CC4)nc(NC4CCN(C5CCOC5)CC4)c23)cc1. The molecule has 2 aliphatic heterocycles. The zero-order valence-electron chi connectivity index (χ0n) is 17.2. The number of thiophene rings is 1. The Morgan fingerprint density at radius 2 is 1.83 bits per heavy atom. The molecule has 1 aliphatic carbocycles. The summed E-state index contributed by atoms with van der Waals surface area (Å²) in [5, 5.41) is 7.30. The van der Waals surface area contributed by atoms with Crippen LogP contribution in [-0.2, 0) is 4.74 Å². The van der Waals surface area contributed by atoms with Crippen LogP contribution in [0.1, 0.15) is 43.8 Å². The molecule has 5 nitrogen and oxygen atoms in total. The summed E-state index contributed by atoms with van der Waals surface area (Å²) >= 11 is 1.75. The predicted molar refractivity (Wildman–Crippen MR) is 122 cm³/mol. The van der Waals surface area contributed by atoms with Gasteiger partial charge < -0.3 is 10.1 Å². The van der Waals surface area contributed by atoms with Crippen LogP contribution in [0.25, 0.3) is 21.3 Å². The lowest BCUT2D eigenvalue weighted by Crippen LogP contribution is -2.45. The third kappa shape index (κ3) is 3.61. The van der Waals surface area contributed by atoms with E-state index < -0.39 is 0 Å². The first-order valence-electron chi connectivity index (χ1n) is 11.3. The number of nitrogens with one attached hydrogen (secondary N) is 1. The Morgan fingerprint density at radius 3 is 2.57 bits per heavy atom. The van der Waals surface area contributed by atoms with E-state index in [1.54, 1.807) is 11.3 Å². The number of piperidine rings is 1. The number of likely N-dealkylation sites (tertiary alicyclic amines) is 1. The molecule has 3 fully saturated rings. The number of ether oxygens (including phenoxy) is 1. The van der Waals surface area contributed by atoms with E-state index in [9.17, 15) is 0 Å². The maximum atomic E-state index is 5.60. The number of hydrogen-bond acceptors (Lipinski definition) is 6. The van der Waals surface area contributed by atoms with Crippen LogP contribution in [0.5, 0.6) is 0 Å². The summed E-state index contributed by atoms with van der Waals surface area (Å²) in [5.74, 6) is 2.64. The van der Waals surface area contributed by atoms with Gasteiger partial charge in [0.2, 0.25) is 0 Å². The number of hydrogen-bond donors (Lipinski definition) is 1. The van der Waals surface area contributed by atoms with Crippen LogP contribution in [0.2, 0.25) is 0 Å². The molecule has 1 N–H and O–H groups in total. The lowest BCUT2D eigenvalue weighted by Gasteiger charge is -2.35. The smallest absolute Gasteiger partial charge is 0.139 e. The maximum absolute atomic E-state index is 5.60. The Labute approximate surface area is 181 Å². The molecular formula is C24H28N4OS. The molecule has 0 spiro atoms. The minimum absolute atomic E-state index is 0.470. The summed E-state index contributed by atoms with van der Waals surface area (Å²) in [5.41, 5.74) is 2.49. The van der Waals surface area contributed by atoms with E-state index in [2.05, 4.69) is 45.9 Å². The second-order valence-electron chi connectivity index (χ2n) is 8.87. The van der Waals surface area contributed by atoms with Gasteiger partial charge in [0.15, 0.2) is 0 Å². The van der Waals surface area contributed by atoms with Crippen molar-refractivity contribution in [3.63, 3.8) is 0 Å². The van der Waals surface area contributed by atoms with Crippen LogP contribution >= 0.6 is 11.3 Å². The normalized spacial score (nSPS) is 23.3. The lowest BCUT2D eigenvalue weighted by atomic mass is 10.0. The summed E-state index contributed by atoms with van der Waals surface area (Å²) in [6, 6.07) is 11.7. The van der Waals surface area contributed by atoms with E-state index in [4.69, 9.17) is 14.7 Å². The number of rotatable bonds is 5. The van der Waals surface area contributed by atoms with Crippen molar-refractivity contribution in [2.75, 3.05) is 31.6 Å². The van der Waals surface area contributed by atoms with Crippen LogP contribution < -0.4 is 5.32 Å². The van der Waals surface area contributed by atoms with Crippen molar-refractivity contribution >= 4 is 27.4 Å². The van der Waals surface area contributed by atoms with Gasteiger partial charge in [0.25, 0.3) is 0 Å². The van der Waals surface area contributed by atoms with Crippen LogP contribution in [0.4, 0.5) is 5.82 Å². The Bertz CT molecular complexity index is 1020. The number of fused-ring (bicyclic) bond motifs is 1. The highest BCUT2D eigenvalue weighted by Crippen LogP contribution is 2.43. The quantitative estimate of drug-likeness (QED) is 0.636. The molecule has 4 heterocycles. The number of anilines is 1. The topological polar surface area (TPSA) is 50.3 Å². The summed E-state index contributed by atoms with van der Waals surface area (Å²) in [6.45, 7) is 4.12. The van der Waals surface area contributed by atoms with Crippen molar-refractivity contribution in [2.24, 2.45) is 0 Å². The molecule has 0 radical (unpaired) electrons. The fourth-order valence-electron chi connectivity index (χ4n) is 4.83. The van der Waals surface area contributed by atoms with E-state index in [1.807, 2.05) is 0 Å². The zero-order chi connectivity index (χ0) is 19.9. The minimum atomic E-state index is 0.470. The van der Waals surface area contributed by atoms with E-state index in [0.29, 0.717) is 18.0 Å². The highest BCUT2D eigenvalue weighted by atomic mass is 32.1. The fourth-order valence-corrected chi connectivity index (χ4v) is 5.78. The van der Waals surface area contributed by atoms with Gasteiger partial charge in [-0.15, -0.1) is 11.3 Å². The second-order valence-corrected chi connectivity index (χ2v) is 9.73. The van der Waals surface area contributed by atoms with Crippen molar-refractivity contribution in [1.29, 1.82) is 0 Å². The number of benzene rings is 1. The monoisotopic (exact) mass is 420 g/mol. The molecule has 30 heavy (non-hydrogen) atoms. The van der Waals surface area contributed by atoms with Gasteiger partial charge in [-0.3, -0.25) is 4.90 Å². The highest BCUT2D eigenvalue weighted by molar-refractivity contribution is 7.17. The largest absolute Gasteiger partial charge is 0.380 e. The highest BCUT2D eigenvalue weighted by Gasteiger charge is 2.31. The van der Waals surface area contributed by atoms with Crippen LogP contribution in [0.15, 0.2) is 35.7 Å². The molecule has 156 valence electrons. The third-order valence-corrected chi connectivity index (χ3v) is 7.64. The Hall–Kier alpha value is -2.02. The van der Waals surface area contributed by atoms with Crippen molar-refractivity contribution in [3.05, 3.63) is 41.5 Å². The van der Waals surface area contributed by atoms with Crippen molar-refractivity contribution < 1.29 is 4.74 Å². The average molecular weight is 421 g/mol. The molecule has 6 heteroatoms. The van der Waals surface area contributed by atoms with Gasteiger partial charge >= 0.3 is 0 Å². The van der Waals surface area contributed by atoms with Gasteiger partial charge in [0, 0.05) is 48.6 Å². The van der Waals surface area contributed by atoms with E-state index in [-0.39, 0.29) is 0 Å². The summed E-state index contributed by atoms with van der Waals surface area (Å²) in [7, 11) is 0. The van der Waals surface area contributed by atoms with E-state index in [1.165, 1.54) is 35.8 Å². The van der Waals surface area contributed by atoms with E-state index in [0.717, 1.165) is 55.6 Å². The molecule has 6 rings (SSSR count). The Morgan fingerprint density at radius 1 is 1.00 bits per heavy atom. The minimum Gasteiger partial charge on any atom is -0.380 e. The molecule has 2 saturated heterocycles. The number of aromatic nitrogens is 2. The number of nitrogens with zero attached hydrogens (tertiary/aromatic N) is 3. The van der Waals surface area contributed by atoms with E-state index >= 15 is 0 Å². The van der Waals surface area contributed by atoms with Gasteiger partial charge in [-0.25, -0.2) is 9.97 Å². The summed E-state index contributed by atoms with van der Waals surface area (Å²) in [6.07, 6.45) is 5.95. The molecule has 1 saturated carbocycles. The van der Waals surface area contributed by atoms with Crippen LogP contribution in [0, 0.1) is 0 Å². The molecule has 3 aromatic rings. The predicted octanol–water partition coefficient (Wildman–Crippen LogP) is 4.90. The molecule has 0 bridgehead atoms.